The van der Waals surface area contributed by atoms with Crippen LogP contribution in [0.1, 0.15) is 26.3 Å². The van der Waals surface area contributed by atoms with E-state index in [1.807, 2.05) is 51.1 Å². The summed E-state index contributed by atoms with van der Waals surface area (Å²) < 4.78 is 11.4. The minimum atomic E-state index is -0.485. The fraction of sp³-hybridized carbons (Fsp3) is 0.400. The molecule has 0 aromatic heterocycles. The number of hydrogen-bond donors (Lipinski definition) is 1. The third-order valence-corrected chi connectivity index (χ3v) is 2.75. The van der Waals surface area contributed by atoms with Gasteiger partial charge in [-0.2, -0.15) is 0 Å². The Balaban J connectivity index is 2.53. The Hall–Kier alpha value is -1.49. The Bertz CT molecular complexity index is 492. The zero-order chi connectivity index (χ0) is 15.2. The maximum atomic E-state index is 11.4. The van der Waals surface area contributed by atoms with Gasteiger partial charge in [0.15, 0.2) is 0 Å². The van der Waals surface area contributed by atoms with Crippen molar-refractivity contribution in [3.05, 3.63) is 34.3 Å². The maximum Gasteiger partial charge on any atom is 0.407 e. The summed E-state index contributed by atoms with van der Waals surface area (Å²) in [6, 6.07) is 5.74. The van der Waals surface area contributed by atoms with Crippen molar-refractivity contribution in [3.8, 4) is 5.75 Å². The summed E-state index contributed by atoms with van der Waals surface area (Å²) in [4.78, 5) is 11.4. The first kappa shape index (κ1) is 16.6. The fourth-order valence-corrected chi connectivity index (χ4v) is 1.86. The predicted octanol–water partition coefficient (Wildman–Crippen LogP) is 4.00. The number of alkyl carbamates (subject to hydrolysis) is 1. The highest BCUT2D eigenvalue weighted by molar-refractivity contribution is 9.10. The lowest BCUT2D eigenvalue weighted by atomic mass is 10.2. The van der Waals surface area contributed by atoms with Crippen LogP contribution in [0.2, 0.25) is 0 Å². The number of carbonyl (C=O) groups excluding carboxylic acids is 1. The number of amides is 1. The van der Waals surface area contributed by atoms with E-state index in [0.717, 1.165) is 15.8 Å². The maximum absolute atomic E-state index is 11.4. The fourth-order valence-electron chi connectivity index (χ4n) is 1.48. The molecule has 0 heterocycles. The summed E-state index contributed by atoms with van der Waals surface area (Å²) in [6.07, 6.45) is 3.30. The number of carbonyl (C=O) groups is 1. The van der Waals surface area contributed by atoms with Crippen LogP contribution in [0.25, 0.3) is 6.08 Å². The summed E-state index contributed by atoms with van der Waals surface area (Å²) in [5, 5.41) is 2.66. The second-order valence-corrected chi connectivity index (χ2v) is 6.09. The molecule has 0 aliphatic rings. The van der Waals surface area contributed by atoms with E-state index in [4.69, 9.17) is 9.47 Å². The highest BCUT2D eigenvalue weighted by Crippen LogP contribution is 2.23. The van der Waals surface area contributed by atoms with Gasteiger partial charge in [0, 0.05) is 16.6 Å². The van der Waals surface area contributed by atoms with Crippen LogP contribution >= 0.6 is 15.9 Å². The second kappa shape index (κ2) is 7.33. The monoisotopic (exact) mass is 341 g/mol. The average Bonchev–Trinajstić information content (AvgIpc) is 2.33. The SMILES string of the molecule is COc1ccc(Br)cc1C=CCNC(=O)OC(C)(C)C. The van der Waals surface area contributed by atoms with E-state index in [2.05, 4.69) is 21.2 Å². The van der Waals surface area contributed by atoms with Crippen molar-refractivity contribution in [2.75, 3.05) is 13.7 Å². The summed E-state index contributed by atoms with van der Waals surface area (Å²) in [5.74, 6) is 0.779. The van der Waals surface area contributed by atoms with Gasteiger partial charge in [-0.1, -0.05) is 28.1 Å². The minimum absolute atomic E-state index is 0.393. The smallest absolute Gasteiger partial charge is 0.407 e. The van der Waals surface area contributed by atoms with Crippen LogP contribution in [-0.4, -0.2) is 25.3 Å². The number of nitrogens with one attached hydrogen (secondary N) is 1. The lowest BCUT2D eigenvalue weighted by Crippen LogP contribution is -2.32. The largest absolute Gasteiger partial charge is 0.496 e. The molecule has 0 unspecified atom stereocenters. The number of ether oxygens (including phenoxy) is 2. The van der Waals surface area contributed by atoms with Crippen LogP contribution in [0.5, 0.6) is 5.75 Å². The van der Waals surface area contributed by atoms with Gasteiger partial charge >= 0.3 is 6.09 Å². The zero-order valence-corrected chi connectivity index (χ0v) is 13.8. The van der Waals surface area contributed by atoms with E-state index in [0.29, 0.717) is 6.54 Å². The second-order valence-electron chi connectivity index (χ2n) is 5.17. The Morgan fingerprint density at radius 2 is 2.10 bits per heavy atom. The standard InChI is InChI=1S/C15H20BrNO3/c1-15(2,3)20-14(18)17-9-5-6-11-10-12(16)7-8-13(11)19-4/h5-8,10H,9H2,1-4H3,(H,17,18). The lowest BCUT2D eigenvalue weighted by Gasteiger charge is -2.19. The molecule has 1 rings (SSSR count). The molecule has 110 valence electrons. The summed E-state index contributed by atoms with van der Waals surface area (Å²) in [5.41, 5.74) is 0.453. The molecular formula is C15H20BrNO3. The van der Waals surface area contributed by atoms with Crippen molar-refractivity contribution in [1.82, 2.24) is 5.32 Å². The third kappa shape index (κ3) is 6.10. The van der Waals surface area contributed by atoms with Gasteiger partial charge in [0.25, 0.3) is 0 Å². The van der Waals surface area contributed by atoms with Gasteiger partial charge in [-0.3, -0.25) is 0 Å². The minimum Gasteiger partial charge on any atom is -0.496 e. The molecule has 0 saturated heterocycles. The highest BCUT2D eigenvalue weighted by Gasteiger charge is 2.14. The van der Waals surface area contributed by atoms with Gasteiger partial charge in [-0.25, -0.2) is 4.79 Å². The Morgan fingerprint density at radius 1 is 1.40 bits per heavy atom. The van der Waals surface area contributed by atoms with Crippen LogP contribution in [0, 0.1) is 0 Å². The van der Waals surface area contributed by atoms with Crippen molar-refractivity contribution in [2.45, 2.75) is 26.4 Å². The van der Waals surface area contributed by atoms with E-state index in [9.17, 15) is 4.79 Å². The first-order valence-corrected chi connectivity index (χ1v) is 7.08. The van der Waals surface area contributed by atoms with Crippen LogP contribution in [-0.2, 0) is 4.74 Å². The predicted molar refractivity (Wildman–Crippen MR) is 84.0 cm³/mol. The number of methoxy groups -OCH3 is 1. The van der Waals surface area contributed by atoms with Crippen molar-refractivity contribution in [3.63, 3.8) is 0 Å². The summed E-state index contributed by atoms with van der Waals surface area (Å²) in [6.45, 7) is 5.88. The normalized spacial score (nSPS) is 11.4. The van der Waals surface area contributed by atoms with Gasteiger partial charge in [0.2, 0.25) is 0 Å². The number of benzene rings is 1. The molecule has 1 N–H and O–H groups in total. The van der Waals surface area contributed by atoms with Crippen LogP contribution in [0.15, 0.2) is 28.7 Å². The molecule has 5 heteroatoms. The first-order chi connectivity index (χ1) is 9.31. The van der Waals surface area contributed by atoms with Crippen LogP contribution in [0.4, 0.5) is 4.79 Å². The van der Waals surface area contributed by atoms with Crippen LogP contribution in [0.3, 0.4) is 0 Å². The number of halogens is 1. The quantitative estimate of drug-likeness (QED) is 0.900. The molecule has 0 aliphatic carbocycles. The molecule has 1 aromatic carbocycles. The van der Waals surface area contributed by atoms with Gasteiger partial charge in [0.1, 0.15) is 11.4 Å². The molecule has 0 bridgehead atoms. The van der Waals surface area contributed by atoms with E-state index in [1.54, 1.807) is 7.11 Å². The topological polar surface area (TPSA) is 47.6 Å². The van der Waals surface area contributed by atoms with Crippen molar-refractivity contribution in [2.24, 2.45) is 0 Å². The molecule has 4 nitrogen and oxygen atoms in total. The molecule has 0 spiro atoms. The zero-order valence-electron chi connectivity index (χ0n) is 12.2. The molecule has 0 atom stereocenters. The third-order valence-electron chi connectivity index (χ3n) is 2.25. The molecule has 1 aromatic rings. The Morgan fingerprint density at radius 3 is 2.70 bits per heavy atom. The van der Waals surface area contributed by atoms with Gasteiger partial charge in [-0.15, -0.1) is 0 Å². The highest BCUT2D eigenvalue weighted by atomic mass is 79.9. The van der Waals surface area contributed by atoms with Gasteiger partial charge < -0.3 is 14.8 Å². The Labute approximate surface area is 128 Å². The Kier molecular flexibility index (Phi) is 6.07. The van der Waals surface area contributed by atoms with Crippen molar-refractivity contribution < 1.29 is 14.3 Å². The first-order valence-electron chi connectivity index (χ1n) is 6.29. The molecule has 0 saturated carbocycles. The van der Waals surface area contributed by atoms with E-state index in [1.165, 1.54) is 0 Å². The van der Waals surface area contributed by atoms with Gasteiger partial charge in [-0.05, 0) is 39.0 Å². The summed E-state index contributed by atoms with van der Waals surface area (Å²) in [7, 11) is 1.62. The number of hydrogen-bond acceptors (Lipinski definition) is 3. The van der Waals surface area contributed by atoms with E-state index >= 15 is 0 Å². The van der Waals surface area contributed by atoms with Gasteiger partial charge in [0.05, 0.1) is 7.11 Å². The van der Waals surface area contributed by atoms with Crippen LogP contribution < -0.4 is 10.1 Å². The molecule has 0 radical (unpaired) electrons. The molecular weight excluding hydrogens is 322 g/mol. The lowest BCUT2D eigenvalue weighted by molar-refractivity contribution is 0.0534. The van der Waals surface area contributed by atoms with Crippen molar-refractivity contribution in [1.29, 1.82) is 0 Å². The summed E-state index contributed by atoms with van der Waals surface area (Å²) >= 11 is 3.41. The van der Waals surface area contributed by atoms with E-state index in [-0.39, 0.29) is 0 Å². The van der Waals surface area contributed by atoms with Crippen molar-refractivity contribution >= 4 is 28.1 Å². The molecule has 0 fully saturated rings. The average molecular weight is 342 g/mol. The molecule has 1 amide bonds. The van der Waals surface area contributed by atoms with E-state index < -0.39 is 11.7 Å². The molecule has 0 aliphatic heterocycles. The number of rotatable bonds is 4. The molecule has 20 heavy (non-hydrogen) atoms.